The first kappa shape index (κ1) is 20.1. The van der Waals surface area contributed by atoms with Gasteiger partial charge < -0.3 is 18.6 Å². The summed E-state index contributed by atoms with van der Waals surface area (Å²) < 4.78 is 21.1. The maximum Gasteiger partial charge on any atom is 0.338 e. The van der Waals surface area contributed by atoms with Crippen LogP contribution < -0.4 is 9.47 Å². The van der Waals surface area contributed by atoms with E-state index >= 15 is 0 Å². The number of hydrogen-bond acceptors (Lipinski definition) is 9. The number of aromatic nitrogens is 2. The van der Waals surface area contributed by atoms with Crippen molar-refractivity contribution in [2.45, 2.75) is 13.5 Å². The summed E-state index contributed by atoms with van der Waals surface area (Å²) in [7, 11) is 1.37. The molecule has 0 spiro atoms. The van der Waals surface area contributed by atoms with Gasteiger partial charge in [0.1, 0.15) is 0 Å². The van der Waals surface area contributed by atoms with Crippen molar-refractivity contribution in [2.75, 3.05) is 7.11 Å². The summed E-state index contributed by atoms with van der Waals surface area (Å²) in [5.41, 5.74) is -0.131. The van der Waals surface area contributed by atoms with E-state index < -0.39 is 10.9 Å². The number of nitrogens with zero attached hydrogens (tertiary/aromatic N) is 3. The number of nitro groups is 1. The molecule has 0 bridgehead atoms. The van der Waals surface area contributed by atoms with E-state index in [1.165, 1.54) is 43.5 Å². The van der Waals surface area contributed by atoms with Crippen LogP contribution in [0, 0.1) is 17.0 Å². The maximum absolute atomic E-state index is 12.2. The third kappa shape index (κ3) is 4.79. The van der Waals surface area contributed by atoms with Gasteiger partial charge in [-0.25, -0.2) is 4.79 Å². The van der Waals surface area contributed by atoms with E-state index in [0.29, 0.717) is 5.89 Å². The largest absolute Gasteiger partial charge is 0.493 e. The van der Waals surface area contributed by atoms with Gasteiger partial charge in [-0.1, -0.05) is 11.6 Å². The predicted octanol–water partition coefficient (Wildman–Crippen LogP) is 4.10. The van der Waals surface area contributed by atoms with E-state index in [1.54, 1.807) is 6.92 Å². The molecule has 0 aliphatic rings. The van der Waals surface area contributed by atoms with Crippen LogP contribution in [0.5, 0.6) is 17.2 Å². The second-order valence-corrected chi connectivity index (χ2v) is 6.06. The third-order valence-electron chi connectivity index (χ3n) is 3.63. The average Bonchev–Trinajstić information content (AvgIpc) is 3.12. The molecule has 0 amide bonds. The number of halogens is 1. The van der Waals surface area contributed by atoms with E-state index in [9.17, 15) is 14.9 Å². The molecule has 0 saturated carbocycles. The summed E-state index contributed by atoms with van der Waals surface area (Å²) in [5.74, 6) is 0.190. The Kier molecular flexibility index (Phi) is 5.93. The second-order valence-electron chi connectivity index (χ2n) is 5.63. The fourth-order valence-corrected chi connectivity index (χ4v) is 2.49. The molecule has 0 atom stereocenters. The van der Waals surface area contributed by atoms with Crippen molar-refractivity contribution in [1.29, 1.82) is 0 Å². The minimum Gasteiger partial charge on any atom is -0.493 e. The summed E-state index contributed by atoms with van der Waals surface area (Å²) >= 11 is 5.80. The number of benzene rings is 2. The standard InChI is InChI=1S/C18H14ClN3O7/c1-10-20-21-17(28-10)9-27-18(23)11-3-5-15(16(7-11)26-2)29-14-6-4-12(19)8-13(14)22(24)25/h3-8H,9H2,1-2H3. The van der Waals surface area contributed by atoms with Gasteiger partial charge in [0.25, 0.3) is 5.89 Å². The number of carbonyl (C=O) groups excluding carboxylic acids is 1. The fraction of sp³-hybridized carbons (Fsp3) is 0.167. The summed E-state index contributed by atoms with van der Waals surface area (Å²) in [6.07, 6.45) is 0. The molecule has 0 saturated heterocycles. The Bertz CT molecular complexity index is 1070. The lowest BCUT2D eigenvalue weighted by Crippen LogP contribution is -2.06. The number of ether oxygens (including phenoxy) is 3. The molecule has 11 heteroatoms. The number of aryl methyl sites for hydroxylation is 1. The van der Waals surface area contributed by atoms with Crippen LogP contribution in [0.1, 0.15) is 22.1 Å². The highest BCUT2D eigenvalue weighted by Gasteiger charge is 2.19. The maximum atomic E-state index is 12.2. The molecule has 1 heterocycles. The Morgan fingerprint density at radius 2 is 1.93 bits per heavy atom. The smallest absolute Gasteiger partial charge is 0.338 e. The Morgan fingerprint density at radius 1 is 1.17 bits per heavy atom. The normalized spacial score (nSPS) is 10.4. The number of rotatable bonds is 7. The van der Waals surface area contributed by atoms with E-state index in [1.807, 2.05) is 0 Å². The zero-order valence-electron chi connectivity index (χ0n) is 15.2. The molecular weight excluding hydrogens is 406 g/mol. The van der Waals surface area contributed by atoms with E-state index in [4.69, 9.17) is 30.2 Å². The van der Waals surface area contributed by atoms with Crippen LogP contribution in [0.25, 0.3) is 0 Å². The van der Waals surface area contributed by atoms with E-state index in [-0.39, 0.29) is 46.0 Å². The lowest BCUT2D eigenvalue weighted by atomic mass is 10.2. The highest BCUT2D eigenvalue weighted by atomic mass is 35.5. The van der Waals surface area contributed by atoms with Gasteiger partial charge in [-0.3, -0.25) is 10.1 Å². The molecule has 0 radical (unpaired) electrons. The molecule has 0 aliphatic carbocycles. The molecule has 0 N–H and O–H groups in total. The van der Waals surface area contributed by atoms with Crippen LogP contribution in [0.3, 0.4) is 0 Å². The monoisotopic (exact) mass is 419 g/mol. The number of carbonyl (C=O) groups is 1. The number of methoxy groups -OCH3 is 1. The number of hydrogen-bond donors (Lipinski definition) is 0. The zero-order valence-corrected chi connectivity index (χ0v) is 16.0. The first-order chi connectivity index (χ1) is 13.9. The minimum absolute atomic E-state index is 0.0280. The minimum atomic E-state index is -0.650. The van der Waals surface area contributed by atoms with Gasteiger partial charge in [0.05, 0.1) is 17.6 Å². The molecule has 0 aliphatic heterocycles. The Balaban J connectivity index is 1.78. The van der Waals surface area contributed by atoms with Gasteiger partial charge >= 0.3 is 11.7 Å². The van der Waals surface area contributed by atoms with Crippen LogP contribution in [-0.2, 0) is 11.3 Å². The molecular formula is C18H14ClN3O7. The van der Waals surface area contributed by atoms with Gasteiger partial charge in [0, 0.05) is 18.0 Å². The van der Waals surface area contributed by atoms with Gasteiger partial charge in [0.15, 0.2) is 18.1 Å². The van der Waals surface area contributed by atoms with Crippen molar-refractivity contribution >= 4 is 23.3 Å². The van der Waals surface area contributed by atoms with Crippen molar-refractivity contribution in [1.82, 2.24) is 10.2 Å². The van der Waals surface area contributed by atoms with E-state index in [0.717, 1.165) is 0 Å². The van der Waals surface area contributed by atoms with Gasteiger partial charge in [-0.05, 0) is 30.3 Å². The van der Waals surface area contributed by atoms with Crippen molar-refractivity contribution < 1.29 is 28.3 Å². The van der Waals surface area contributed by atoms with Crippen molar-refractivity contribution in [3.8, 4) is 17.2 Å². The Labute approximate surface area is 169 Å². The van der Waals surface area contributed by atoms with Gasteiger partial charge in [-0.15, -0.1) is 10.2 Å². The molecule has 0 fully saturated rings. The quantitative estimate of drug-likeness (QED) is 0.316. The number of nitro benzene ring substituents is 1. The molecule has 3 rings (SSSR count). The summed E-state index contributed by atoms with van der Waals surface area (Å²) in [4.78, 5) is 22.8. The zero-order chi connectivity index (χ0) is 21.0. The van der Waals surface area contributed by atoms with Crippen LogP contribution in [-0.4, -0.2) is 28.2 Å². The number of esters is 1. The first-order valence-corrected chi connectivity index (χ1v) is 8.51. The molecule has 3 aromatic rings. The summed E-state index contributed by atoms with van der Waals surface area (Å²) in [6.45, 7) is 1.43. The highest BCUT2D eigenvalue weighted by Crippen LogP contribution is 2.38. The fourth-order valence-electron chi connectivity index (χ4n) is 2.32. The van der Waals surface area contributed by atoms with Crippen molar-refractivity contribution in [3.05, 3.63) is 68.9 Å². The highest BCUT2D eigenvalue weighted by molar-refractivity contribution is 6.30. The lowest BCUT2D eigenvalue weighted by molar-refractivity contribution is -0.385. The summed E-state index contributed by atoms with van der Waals surface area (Å²) in [5, 5.41) is 18.8. The molecule has 29 heavy (non-hydrogen) atoms. The first-order valence-electron chi connectivity index (χ1n) is 8.13. The SMILES string of the molecule is COc1cc(C(=O)OCc2nnc(C)o2)ccc1Oc1ccc(Cl)cc1[N+](=O)[O-]. The topological polar surface area (TPSA) is 127 Å². The lowest BCUT2D eigenvalue weighted by Gasteiger charge is -2.12. The average molecular weight is 420 g/mol. The molecule has 0 unspecified atom stereocenters. The van der Waals surface area contributed by atoms with Crippen LogP contribution >= 0.6 is 11.6 Å². The van der Waals surface area contributed by atoms with Crippen LogP contribution in [0.4, 0.5) is 5.69 Å². The van der Waals surface area contributed by atoms with Crippen molar-refractivity contribution in [2.24, 2.45) is 0 Å². The molecule has 2 aromatic carbocycles. The van der Waals surface area contributed by atoms with Gasteiger partial charge in [-0.2, -0.15) is 0 Å². The van der Waals surface area contributed by atoms with Gasteiger partial charge in [0.2, 0.25) is 11.6 Å². The van der Waals surface area contributed by atoms with Crippen LogP contribution in [0.2, 0.25) is 5.02 Å². The van der Waals surface area contributed by atoms with E-state index in [2.05, 4.69) is 10.2 Å². The Hall–Kier alpha value is -3.66. The summed E-state index contributed by atoms with van der Waals surface area (Å²) in [6, 6.07) is 8.26. The third-order valence-corrected chi connectivity index (χ3v) is 3.87. The van der Waals surface area contributed by atoms with Crippen molar-refractivity contribution in [3.63, 3.8) is 0 Å². The molecule has 1 aromatic heterocycles. The Morgan fingerprint density at radius 3 is 2.59 bits per heavy atom. The predicted molar refractivity (Wildman–Crippen MR) is 99.3 cm³/mol. The molecule has 150 valence electrons. The van der Waals surface area contributed by atoms with Crippen LogP contribution in [0.15, 0.2) is 40.8 Å². The molecule has 10 nitrogen and oxygen atoms in total. The second kappa shape index (κ2) is 8.57.